The van der Waals surface area contributed by atoms with Crippen molar-refractivity contribution in [3.63, 3.8) is 0 Å². The number of likely N-dealkylation sites (tertiary alicyclic amines) is 1. The molecule has 0 spiro atoms. The molecule has 0 bridgehead atoms. The maximum absolute atomic E-state index is 11.0. The van der Waals surface area contributed by atoms with E-state index < -0.39 is 0 Å². The van der Waals surface area contributed by atoms with Crippen LogP contribution in [0.15, 0.2) is 16.6 Å². The molecule has 110 valence electrons. The molecule has 1 fully saturated rings. The van der Waals surface area contributed by atoms with E-state index in [2.05, 4.69) is 33.2 Å². The molecule has 2 rings (SSSR count). The van der Waals surface area contributed by atoms with Crippen LogP contribution in [-0.4, -0.2) is 36.0 Å². The summed E-state index contributed by atoms with van der Waals surface area (Å²) in [5.74, 6) is 0. The lowest BCUT2D eigenvalue weighted by Crippen LogP contribution is -2.40. The monoisotopic (exact) mass is 341 g/mol. The highest BCUT2D eigenvalue weighted by molar-refractivity contribution is 9.10. The molecule has 6 heteroatoms. The number of nitrogens with one attached hydrogen (secondary N) is 1. The lowest BCUT2D eigenvalue weighted by atomic mass is 10.0. The van der Waals surface area contributed by atoms with E-state index in [1.807, 2.05) is 0 Å². The van der Waals surface area contributed by atoms with Crippen molar-refractivity contribution in [2.45, 2.75) is 32.2 Å². The third-order valence-corrected chi connectivity index (χ3v) is 4.59. The van der Waals surface area contributed by atoms with Crippen LogP contribution in [0.25, 0.3) is 0 Å². The van der Waals surface area contributed by atoms with E-state index in [0.29, 0.717) is 11.6 Å². The first-order chi connectivity index (χ1) is 9.49. The molecule has 0 saturated carbocycles. The van der Waals surface area contributed by atoms with E-state index in [1.54, 1.807) is 19.1 Å². The van der Waals surface area contributed by atoms with Crippen molar-refractivity contribution in [2.75, 3.05) is 25.5 Å². The van der Waals surface area contributed by atoms with Crippen LogP contribution in [0.4, 0.5) is 11.4 Å². The minimum absolute atomic E-state index is 0.160. The summed E-state index contributed by atoms with van der Waals surface area (Å²) >= 11 is 3.47. The molecule has 1 N–H and O–H groups in total. The zero-order valence-electron chi connectivity index (χ0n) is 11.9. The molecule has 1 saturated heterocycles. The molecule has 0 aliphatic carbocycles. The van der Waals surface area contributed by atoms with Crippen molar-refractivity contribution in [1.82, 2.24) is 4.90 Å². The van der Waals surface area contributed by atoms with Crippen LogP contribution in [0.2, 0.25) is 0 Å². The Morgan fingerprint density at radius 3 is 2.90 bits per heavy atom. The maximum atomic E-state index is 11.0. The summed E-state index contributed by atoms with van der Waals surface area (Å²) in [5, 5.41) is 14.3. The average molecular weight is 342 g/mol. The second kappa shape index (κ2) is 6.54. The van der Waals surface area contributed by atoms with Crippen molar-refractivity contribution < 1.29 is 4.92 Å². The van der Waals surface area contributed by atoms with Gasteiger partial charge in [-0.05, 0) is 55.4 Å². The fourth-order valence-electron chi connectivity index (χ4n) is 2.62. The van der Waals surface area contributed by atoms with Gasteiger partial charge in [-0.15, -0.1) is 0 Å². The number of piperidine rings is 1. The third-order valence-electron chi connectivity index (χ3n) is 3.93. The Kier molecular flexibility index (Phi) is 4.99. The predicted octanol–water partition coefficient (Wildman–Crippen LogP) is 3.56. The summed E-state index contributed by atoms with van der Waals surface area (Å²) in [5.41, 5.74) is 1.62. The highest BCUT2D eigenvalue weighted by atomic mass is 79.9. The van der Waals surface area contributed by atoms with E-state index in [-0.39, 0.29) is 10.6 Å². The minimum Gasteiger partial charge on any atom is -0.382 e. The normalized spacial score (nSPS) is 19.9. The molecular weight excluding hydrogens is 322 g/mol. The van der Waals surface area contributed by atoms with Crippen molar-refractivity contribution in [3.8, 4) is 0 Å². The van der Waals surface area contributed by atoms with Crippen LogP contribution in [0, 0.1) is 17.0 Å². The first-order valence-electron chi connectivity index (χ1n) is 6.87. The van der Waals surface area contributed by atoms with Gasteiger partial charge in [-0.1, -0.05) is 6.42 Å². The van der Waals surface area contributed by atoms with Gasteiger partial charge in [0.05, 0.1) is 10.6 Å². The Balaban J connectivity index is 2.09. The molecule has 1 aliphatic heterocycles. The molecule has 1 heterocycles. The first-order valence-corrected chi connectivity index (χ1v) is 7.67. The quantitative estimate of drug-likeness (QED) is 0.671. The number of aryl methyl sites for hydroxylation is 1. The summed E-state index contributed by atoms with van der Waals surface area (Å²) in [6, 6.07) is 3.91. The molecule has 0 amide bonds. The third kappa shape index (κ3) is 3.49. The number of rotatable bonds is 4. The predicted molar refractivity (Wildman–Crippen MR) is 84.3 cm³/mol. The smallest absolute Gasteiger partial charge is 0.274 e. The van der Waals surface area contributed by atoms with Gasteiger partial charge < -0.3 is 10.2 Å². The second-order valence-electron chi connectivity index (χ2n) is 5.39. The Morgan fingerprint density at radius 2 is 2.25 bits per heavy atom. The van der Waals surface area contributed by atoms with Crippen molar-refractivity contribution in [3.05, 3.63) is 32.3 Å². The molecule has 5 nitrogen and oxygen atoms in total. The van der Waals surface area contributed by atoms with Crippen LogP contribution in [0.5, 0.6) is 0 Å². The van der Waals surface area contributed by atoms with Crippen LogP contribution in [0.3, 0.4) is 0 Å². The molecule has 1 aliphatic rings. The van der Waals surface area contributed by atoms with Gasteiger partial charge in [0.1, 0.15) is 0 Å². The number of hydrogen-bond acceptors (Lipinski definition) is 4. The molecule has 1 unspecified atom stereocenters. The zero-order valence-corrected chi connectivity index (χ0v) is 13.4. The highest BCUT2D eigenvalue weighted by Crippen LogP contribution is 2.31. The second-order valence-corrected chi connectivity index (χ2v) is 6.24. The van der Waals surface area contributed by atoms with Gasteiger partial charge >= 0.3 is 0 Å². The molecule has 1 aromatic rings. The summed E-state index contributed by atoms with van der Waals surface area (Å²) in [6.45, 7) is 3.69. The highest BCUT2D eigenvalue weighted by Gasteiger charge is 2.20. The molecule has 1 atom stereocenters. The van der Waals surface area contributed by atoms with Gasteiger partial charge in [-0.3, -0.25) is 10.1 Å². The number of hydrogen-bond donors (Lipinski definition) is 1. The maximum Gasteiger partial charge on any atom is 0.274 e. The summed E-state index contributed by atoms with van der Waals surface area (Å²) in [4.78, 5) is 13.0. The zero-order chi connectivity index (χ0) is 14.7. The van der Waals surface area contributed by atoms with Crippen LogP contribution < -0.4 is 5.32 Å². The molecule has 20 heavy (non-hydrogen) atoms. The topological polar surface area (TPSA) is 58.4 Å². The first kappa shape index (κ1) is 15.3. The van der Waals surface area contributed by atoms with E-state index in [1.165, 1.54) is 19.3 Å². The Labute approximate surface area is 127 Å². The van der Waals surface area contributed by atoms with Crippen molar-refractivity contribution in [1.29, 1.82) is 0 Å². The van der Waals surface area contributed by atoms with E-state index in [4.69, 9.17) is 0 Å². The number of halogens is 1. The van der Waals surface area contributed by atoms with Crippen molar-refractivity contribution >= 4 is 27.3 Å². The minimum atomic E-state index is -0.334. The van der Waals surface area contributed by atoms with Gasteiger partial charge in [0, 0.05) is 28.7 Å². The van der Waals surface area contributed by atoms with E-state index in [0.717, 1.165) is 23.2 Å². The number of likely N-dealkylation sites (N-methyl/N-ethyl adjacent to an activating group) is 1. The van der Waals surface area contributed by atoms with Crippen LogP contribution >= 0.6 is 15.9 Å². The van der Waals surface area contributed by atoms with E-state index >= 15 is 0 Å². The Hall–Kier alpha value is -1.14. The number of nitro benzene ring substituents is 1. The van der Waals surface area contributed by atoms with Gasteiger partial charge in [0.15, 0.2) is 0 Å². The van der Waals surface area contributed by atoms with Crippen LogP contribution in [0.1, 0.15) is 24.8 Å². The van der Waals surface area contributed by atoms with Crippen molar-refractivity contribution in [2.24, 2.45) is 0 Å². The van der Waals surface area contributed by atoms with Gasteiger partial charge in [-0.2, -0.15) is 0 Å². The molecular formula is C14H20BrN3O2. The number of benzene rings is 1. The standard InChI is InChI=1S/C14H20BrN3O2/c1-10-7-12(15)13(8-14(10)18(19)20)16-9-11-5-3-4-6-17(11)2/h7-8,11,16H,3-6,9H2,1-2H3. The largest absolute Gasteiger partial charge is 0.382 e. The van der Waals surface area contributed by atoms with E-state index in [9.17, 15) is 10.1 Å². The fraction of sp³-hybridized carbons (Fsp3) is 0.571. The fourth-order valence-corrected chi connectivity index (χ4v) is 3.22. The molecule has 0 radical (unpaired) electrons. The van der Waals surface area contributed by atoms with Gasteiger partial charge in [0.25, 0.3) is 5.69 Å². The number of anilines is 1. The summed E-state index contributed by atoms with van der Waals surface area (Å²) in [6.07, 6.45) is 3.69. The van der Waals surface area contributed by atoms with Gasteiger partial charge in [-0.25, -0.2) is 0 Å². The SMILES string of the molecule is Cc1cc(Br)c(NCC2CCCCN2C)cc1[N+](=O)[O-]. The van der Waals surface area contributed by atoms with Gasteiger partial charge in [0.2, 0.25) is 0 Å². The molecule has 0 aromatic heterocycles. The summed E-state index contributed by atoms with van der Waals surface area (Å²) < 4.78 is 0.874. The lowest BCUT2D eigenvalue weighted by molar-refractivity contribution is -0.385. The summed E-state index contributed by atoms with van der Waals surface area (Å²) in [7, 11) is 2.14. The Morgan fingerprint density at radius 1 is 1.50 bits per heavy atom. The molecule has 1 aromatic carbocycles. The lowest BCUT2D eigenvalue weighted by Gasteiger charge is -2.32. The van der Waals surface area contributed by atoms with Crippen LogP contribution in [-0.2, 0) is 0 Å². The average Bonchev–Trinajstić information content (AvgIpc) is 2.39. The Bertz CT molecular complexity index is 507. The number of nitro groups is 1. The number of nitrogens with zero attached hydrogens (tertiary/aromatic N) is 2.